The highest BCUT2D eigenvalue weighted by atomic mass is 35.5. The van der Waals surface area contributed by atoms with Crippen LogP contribution in [-0.4, -0.2) is 24.2 Å². The molecule has 0 bridgehead atoms. The fraction of sp³-hybridized carbons (Fsp3) is 0.300. The molecule has 0 aliphatic heterocycles. The lowest BCUT2D eigenvalue weighted by Gasteiger charge is -2.10. The van der Waals surface area contributed by atoms with E-state index in [0.717, 1.165) is 5.56 Å². The normalized spacial score (nSPS) is 12.4. The van der Waals surface area contributed by atoms with Gasteiger partial charge in [0.2, 0.25) is 0 Å². The molecule has 0 aliphatic rings. The van der Waals surface area contributed by atoms with Gasteiger partial charge in [-0.3, -0.25) is 4.79 Å². The molecule has 4 heteroatoms. The van der Waals surface area contributed by atoms with Crippen molar-refractivity contribution in [1.29, 1.82) is 0 Å². The van der Waals surface area contributed by atoms with Crippen LogP contribution in [0.2, 0.25) is 5.02 Å². The van der Waals surface area contributed by atoms with Gasteiger partial charge in [-0.25, -0.2) is 0 Å². The van der Waals surface area contributed by atoms with Crippen LogP contribution >= 0.6 is 11.6 Å². The molecule has 76 valence electrons. The van der Waals surface area contributed by atoms with E-state index >= 15 is 0 Å². The van der Waals surface area contributed by atoms with Crippen molar-refractivity contribution in [3.63, 3.8) is 0 Å². The van der Waals surface area contributed by atoms with Crippen molar-refractivity contribution < 1.29 is 9.90 Å². The lowest BCUT2D eigenvalue weighted by atomic mass is 10.1. The van der Waals surface area contributed by atoms with Gasteiger partial charge >= 0.3 is 5.97 Å². The zero-order valence-electron chi connectivity index (χ0n) is 7.83. The Morgan fingerprint density at radius 1 is 1.64 bits per heavy atom. The molecule has 0 saturated heterocycles. The first-order valence-electron chi connectivity index (χ1n) is 4.28. The highest BCUT2D eigenvalue weighted by Gasteiger charge is 2.14. The molecular weight excluding hydrogens is 202 g/mol. The second-order valence-corrected chi connectivity index (χ2v) is 3.45. The summed E-state index contributed by atoms with van der Waals surface area (Å²) < 4.78 is 0. The van der Waals surface area contributed by atoms with Crippen LogP contribution in [0, 0.1) is 0 Å². The predicted molar refractivity (Wildman–Crippen MR) is 55.6 cm³/mol. The topological polar surface area (TPSA) is 49.3 Å². The van der Waals surface area contributed by atoms with Crippen LogP contribution in [0.4, 0.5) is 0 Å². The first kappa shape index (κ1) is 11.0. The zero-order chi connectivity index (χ0) is 10.6. The molecule has 14 heavy (non-hydrogen) atoms. The van der Waals surface area contributed by atoms with Gasteiger partial charge in [-0.1, -0.05) is 23.7 Å². The molecule has 0 fully saturated rings. The number of hydrogen-bond donors (Lipinski definition) is 2. The second kappa shape index (κ2) is 4.98. The molecule has 0 spiro atoms. The Hall–Kier alpha value is -1.06. The van der Waals surface area contributed by atoms with E-state index in [1.807, 2.05) is 12.1 Å². The highest BCUT2D eigenvalue weighted by Crippen LogP contribution is 2.12. The average Bonchev–Trinajstić information content (AvgIpc) is 2.14. The van der Waals surface area contributed by atoms with Crippen LogP contribution in [0.15, 0.2) is 24.3 Å². The van der Waals surface area contributed by atoms with E-state index in [9.17, 15) is 4.79 Å². The summed E-state index contributed by atoms with van der Waals surface area (Å²) in [4.78, 5) is 10.7. The van der Waals surface area contributed by atoms with Crippen LogP contribution in [0.1, 0.15) is 5.56 Å². The zero-order valence-corrected chi connectivity index (χ0v) is 8.58. The Morgan fingerprint density at radius 3 is 2.86 bits per heavy atom. The summed E-state index contributed by atoms with van der Waals surface area (Å²) in [6, 6.07) is 6.65. The third-order valence-electron chi connectivity index (χ3n) is 1.98. The van der Waals surface area contributed by atoms with Crippen molar-refractivity contribution in [2.24, 2.45) is 0 Å². The minimum absolute atomic E-state index is 0.437. The van der Waals surface area contributed by atoms with Crippen molar-refractivity contribution in [2.45, 2.75) is 12.5 Å². The van der Waals surface area contributed by atoms with E-state index in [1.165, 1.54) is 0 Å². The van der Waals surface area contributed by atoms with E-state index in [-0.39, 0.29) is 0 Å². The molecule has 0 aromatic heterocycles. The Labute approximate surface area is 87.7 Å². The van der Waals surface area contributed by atoms with Crippen molar-refractivity contribution in [1.82, 2.24) is 5.32 Å². The van der Waals surface area contributed by atoms with E-state index in [1.54, 1.807) is 19.2 Å². The average molecular weight is 214 g/mol. The first-order chi connectivity index (χ1) is 6.63. The number of carboxylic acids is 1. The minimum atomic E-state index is -0.854. The van der Waals surface area contributed by atoms with Crippen molar-refractivity contribution in [3.8, 4) is 0 Å². The number of nitrogens with one attached hydrogen (secondary N) is 1. The Balaban J connectivity index is 2.72. The van der Waals surface area contributed by atoms with Gasteiger partial charge in [0.15, 0.2) is 0 Å². The molecule has 1 aromatic rings. The molecule has 1 atom stereocenters. The van der Waals surface area contributed by atoms with E-state index in [4.69, 9.17) is 16.7 Å². The van der Waals surface area contributed by atoms with Gasteiger partial charge in [-0.05, 0) is 31.2 Å². The Bertz CT molecular complexity index is 328. The number of aliphatic carboxylic acids is 1. The summed E-state index contributed by atoms with van der Waals surface area (Å²) in [7, 11) is 1.63. The molecule has 1 rings (SSSR count). The molecular formula is C10H12ClNO2. The van der Waals surface area contributed by atoms with Crippen LogP contribution in [0.5, 0.6) is 0 Å². The van der Waals surface area contributed by atoms with Crippen LogP contribution < -0.4 is 5.32 Å². The van der Waals surface area contributed by atoms with E-state index in [0.29, 0.717) is 11.4 Å². The molecule has 0 unspecified atom stereocenters. The van der Waals surface area contributed by atoms with Gasteiger partial charge in [-0.2, -0.15) is 0 Å². The SMILES string of the molecule is CN[C@@H](Cc1cccc(Cl)c1)C(=O)O. The third kappa shape index (κ3) is 3.01. The molecule has 0 amide bonds. The molecule has 0 aliphatic carbocycles. The summed E-state index contributed by atoms with van der Waals surface area (Å²) in [6.07, 6.45) is 0.437. The second-order valence-electron chi connectivity index (χ2n) is 3.01. The van der Waals surface area contributed by atoms with Crippen LogP contribution in [0.3, 0.4) is 0 Å². The quantitative estimate of drug-likeness (QED) is 0.798. The highest BCUT2D eigenvalue weighted by molar-refractivity contribution is 6.30. The van der Waals surface area contributed by atoms with E-state index < -0.39 is 12.0 Å². The summed E-state index contributed by atoms with van der Waals surface area (Å²) in [5, 5.41) is 12.2. The molecule has 2 N–H and O–H groups in total. The fourth-order valence-electron chi connectivity index (χ4n) is 1.21. The molecule has 1 aromatic carbocycles. The minimum Gasteiger partial charge on any atom is -0.480 e. The number of rotatable bonds is 4. The number of carbonyl (C=O) groups is 1. The number of carboxylic acid groups (broad SMARTS) is 1. The van der Waals surface area contributed by atoms with Gasteiger partial charge in [0.25, 0.3) is 0 Å². The fourth-order valence-corrected chi connectivity index (χ4v) is 1.43. The maximum atomic E-state index is 10.7. The summed E-state index contributed by atoms with van der Waals surface area (Å²) in [5.41, 5.74) is 0.916. The maximum Gasteiger partial charge on any atom is 0.321 e. The predicted octanol–water partition coefficient (Wildman–Crippen LogP) is 1.56. The van der Waals surface area contributed by atoms with Gasteiger partial charge in [-0.15, -0.1) is 0 Å². The molecule has 3 nitrogen and oxygen atoms in total. The largest absolute Gasteiger partial charge is 0.480 e. The Morgan fingerprint density at radius 2 is 2.36 bits per heavy atom. The van der Waals surface area contributed by atoms with Gasteiger partial charge in [0.05, 0.1) is 0 Å². The summed E-state index contributed by atoms with van der Waals surface area (Å²) >= 11 is 5.78. The standard InChI is InChI=1S/C10H12ClNO2/c1-12-9(10(13)14)6-7-3-2-4-8(11)5-7/h2-5,9,12H,6H2,1H3,(H,13,14)/t9-/m0/s1. The maximum absolute atomic E-state index is 10.7. The lowest BCUT2D eigenvalue weighted by molar-refractivity contribution is -0.139. The van der Waals surface area contributed by atoms with Gasteiger partial charge in [0.1, 0.15) is 6.04 Å². The number of benzene rings is 1. The summed E-state index contributed by atoms with van der Waals surface area (Å²) in [6.45, 7) is 0. The number of halogens is 1. The van der Waals surface area contributed by atoms with Gasteiger partial charge < -0.3 is 10.4 Å². The van der Waals surface area contributed by atoms with Crippen LogP contribution in [0.25, 0.3) is 0 Å². The Kier molecular flexibility index (Phi) is 3.92. The van der Waals surface area contributed by atoms with Crippen molar-refractivity contribution in [2.75, 3.05) is 7.05 Å². The number of likely N-dealkylation sites (N-methyl/N-ethyl adjacent to an activating group) is 1. The monoisotopic (exact) mass is 213 g/mol. The smallest absolute Gasteiger partial charge is 0.321 e. The lowest BCUT2D eigenvalue weighted by Crippen LogP contribution is -2.35. The van der Waals surface area contributed by atoms with E-state index in [2.05, 4.69) is 5.32 Å². The molecule has 0 radical (unpaired) electrons. The molecule has 0 saturated carbocycles. The molecule has 0 heterocycles. The number of hydrogen-bond acceptors (Lipinski definition) is 2. The third-order valence-corrected chi connectivity index (χ3v) is 2.21. The van der Waals surface area contributed by atoms with Crippen LogP contribution in [-0.2, 0) is 11.2 Å². The van der Waals surface area contributed by atoms with Gasteiger partial charge in [0, 0.05) is 5.02 Å². The van der Waals surface area contributed by atoms with Crippen molar-refractivity contribution in [3.05, 3.63) is 34.9 Å². The first-order valence-corrected chi connectivity index (χ1v) is 4.66. The van der Waals surface area contributed by atoms with Crippen molar-refractivity contribution >= 4 is 17.6 Å². The summed E-state index contributed by atoms with van der Waals surface area (Å²) in [5.74, 6) is -0.854.